The van der Waals surface area contributed by atoms with Crippen LogP contribution in [0.15, 0.2) is 0 Å². The van der Waals surface area contributed by atoms with Gasteiger partial charge in [-0.25, -0.2) is 0 Å². The van der Waals surface area contributed by atoms with E-state index in [0.717, 1.165) is 11.8 Å². The molecule has 1 aliphatic heterocycles. The Labute approximate surface area is 83.5 Å². The zero-order valence-corrected chi connectivity index (χ0v) is 9.93. The van der Waals surface area contributed by atoms with Gasteiger partial charge in [0.1, 0.15) is 0 Å². The Morgan fingerprint density at radius 2 is 1.92 bits per heavy atom. The molecule has 13 heavy (non-hydrogen) atoms. The lowest BCUT2D eigenvalue weighted by Crippen LogP contribution is -2.55. The highest BCUT2D eigenvalue weighted by Gasteiger charge is 2.37. The van der Waals surface area contributed by atoms with Gasteiger partial charge in [0, 0.05) is 12.1 Å². The third kappa shape index (κ3) is 2.46. The van der Waals surface area contributed by atoms with Crippen molar-refractivity contribution in [2.45, 2.75) is 52.5 Å². The molecule has 0 amide bonds. The van der Waals surface area contributed by atoms with Gasteiger partial charge in [-0.1, -0.05) is 20.8 Å². The summed E-state index contributed by atoms with van der Waals surface area (Å²) in [7, 11) is 2.25. The zero-order chi connectivity index (χ0) is 10.1. The number of nitrogens with zero attached hydrogens (tertiary/aromatic N) is 1. The normalized spacial score (nSPS) is 31.8. The molecule has 0 aliphatic carbocycles. The lowest BCUT2D eigenvalue weighted by Gasteiger charge is -2.49. The molecule has 1 rings (SSSR count). The van der Waals surface area contributed by atoms with Crippen LogP contribution in [0.25, 0.3) is 0 Å². The fourth-order valence-corrected chi connectivity index (χ4v) is 1.90. The van der Waals surface area contributed by atoms with Crippen LogP contribution >= 0.6 is 0 Å². The summed E-state index contributed by atoms with van der Waals surface area (Å²) in [5.74, 6) is 1.72. The highest BCUT2D eigenvalue weighted by Crippen LogP contribution is 2.34. The molecular formula is C12H25N. The summed E-state index contributed by atoms with van der Waals surface area (Å²) in [5, 5.41) is 0. The molecule has 2 unspecified atom stereocenters. The lowest BCUT2D eigenvalue weighted by molar-refractivity contribution is 0.0140. The number of likely N-dealkylation sites (tertiary alicyclic amines) is 1. The summed E-state index contributed by atoms with van der Waals surface area (Å²) >= 11 is 0. The number of hydrogen-bond acceptors (Lipinski definition) is 1. The fraction of sp³-hybridized carbons (Fsp3) is 1.00. The van der Waals surface area contributed by atoms with Gasteiger partial charge in [-0.05, 0) is 45.1 Å². The molecule has 2 atom stereocenters. The Bertz CT molecular complexity index is 165. The first-order valence-corrected chi connectivity index (χ1v) is 5.67. The molecule has 0 N–H and O–H groups in total. The summed E-state index contributed by atoms with van der Waals surface area (Å²) < 4.78 is 0. The molecule has 0 aromatic heterocycles. The van der Waals surface area contributed by atoms with Gasteiger partial charge >= 0.3 is 0 Å². The Hall–Kier alpha value is -0.0400. The maximum absolute atomic E-state index is 2.50. The van der Waals surface area contributed by atoms with E-state index in [0.29, 0.717) is 5.54 Å². The maximum atomic E-state index is 2.50. The van der Waals surface area contributed by atoms with Gasteiger partial charge in [0.25, 0.3) is 0 Å². The highest BCUT2D eigenvalue weighted by molar-refractivity contribution is 4.93. The molecular weight excluding hydrogens is 158 g/mol. The van der Waals surface area contributed by atoms with Crippen molar-refractivity contribution >= 4 is 0 Å². The van der Waals surface area contributed by atoms with Crippen LogP contribution < -0.4 is 0 Å². The smallest absolute Gasteiger partial charge is 0.0190 e. The van der Waals surface area contributed by atoms with Crippen LogP contribution in [0.1, 0.15) is 47.0 Å². The quantitative estimate of drug-likeness (QED) is 0.647. The molecule has 1 aliphatic rings. The van der Waals surface area contributed by atoms with Crippen molar-refractivity contribution in [1.29, 1.82) is 0 Å². The molecule has 1 heteroatoms. The van der Waals surface area contributed by atoms with Crippen molar-refractivity contribution in [2.24, 2.45) is 11.8 Å². The van der Waals surface area contributed by atoms with E-state index in [-0.39, 0.29) is 0 Å². The van der Waals surface area contributed by atoms with Crippen LogP contribution in [0, 0.1) is 11.8 Å². The van der Waals surface area contributed by atoms with E-state index < -0.39 is 0 Å². The van der Waals surface area contributed by atoms with Crippen LogP contribution in [-0.2, 0) is 0 Å². The second kappa shape index (κ2) is 4.00. The van der Waals surface area contributed by atoms with Gasteiger partial charge in [-0.2, -0.15) is 0 Å². The highest BCUT2D eigenvalue weighted by atomic mass is 15.2. The standard InChI is InChI=1S/C12H25N/c1-10(2)11(3)6-7-12(4)8-9-13(12)5/h10-11H,6-9H2,1-5H3. The summed E-state index contributed by atoms with van der Waals surface area (Å²) in [6.45, 7) is 10.7. The molecule has 0 saturated carbocycles. The minimum absolute atomic E-state index is 0.531. The van der Waals surface area contributed by atoms with E-state index >= 15 is 0 Å². The van der Waals surface area contributed by atoms with Gasteiger partial charge in [0.15, 0.2) is 0 Å². The van der Waals surface area contributed by atoms with E-state index in [1.165, 1.54) is 25.8 Å². The van der Waals surface area contributed by atoms with Crippen LogP contribution in [0.3, 0.4) is 0 Å². The largest absolute Gasteiger partial charge is 0.301 e. The summed E-state index contributed by atoms with van der Waals surface area (Å²) in [4.78, 5) is 2.50. The second-order valence-corrected chi connectivity index (χ2v) is 5.43. The topological polar surface area (TPSA) is 3.24 Å². The average Bonchev–Trinajstić information content (AvgIpc) is 2.10. The SMILES string of the molecule is CC(C)C(C)CCC1(C)CCN1C. The Kier molecular flexibility index (Phi) is 3.39. The van der Waals surface area contributed by atoms with Gasteiger partial charge in [0.05, 0.1) is 0 Å². The van der Waals surface area contributed by atoms with E-state index in [9.17, 15) is 0 Å². The fourth-order valence-electron chi connectivity index (χ4n) is 1.90. The first-order valence-electron chi connectivity index (χ1n) is 5.67. The first-order chi connectivity index (χ1) is 5.96. The van der Waals surface area contributed by atoms with Crippen molar-refractivity contribution in [1.82, 2.24) is 4.90 Å². The molecule has 0 radical (unpaired) electrons. The molecule has 1 heterocycles. The Morgan fingerprint density at radius 1 is 1.31 bits per heavy atom. The number of rotatable bonds is 4. The lowest BCUT2D eigenvalue weighted by atomic mass is 9.79. The van der Waals surface area contributed by atoms with E-state index in [4.69, 9.17) is 0 Å². The van der Waals surface area contributed by atoms with Crippen molar-refractivity contribution in [3.63, 3.8) is 0 Å². The number of hydrogen-bond donors (Lipinski definition) is 0. The monoisotopic (exact) mass is 183 g/mol. The summed E-state index contributed by atoms with van der Waals surface area (Å²) in [6.07, 6.45) is 4.16. The first kappa shape index (κ1) is 11.0. The summed E-state index contributed by atoms with van der Waals surface area (Å²) in [6, 6.07) is 0. The Balaban J connectivity index is 2.26. The van der Waals surface area contributed by atoms with Crippen LogP contribution in [0.2, 0.25) is 0 Å². The zero-order valence-electron chi connectivity index (χ0n) is 9.93. The predicted molar refractivity (Wildman–Crippen MR) is 58.9 cm³/mol. The average molecular weight is 183 g/mol. The molecule has 1 fully saturated rings. The van der Waals surface area contributed by atoms with Crippen molar-refractivity contribution < 1.29 is 0 Å². The second-order valence-electron chi connectivity index (χ2n) is 5.43. The third-order valence-corrected chi connectivity index (χ3v) is 4.18. The van der Waals surface area contributed by atoms with Crippen LogP contribution in [0.5, 0.6) is 0 Å². The van der Waals surface area contributed by atoms with Gasteiger partial charge in [-0.15, -0.1) is 0 Å². The van der Waals surface area contributed by atoms with Crippen molar-refractivity contribution in [3.8, 4) is 0 Å². The minimum atomic E-state index is 0.531. The minimum Gasteiger partial charge on any atom is -0.301 e. The Morgan fingerprint density at radius 3 is 2.23 bits per heavy atom. The van der Waals surface area contributed by atoms with E-state index in [1.54, 1.807) is 0 Å². The maximum Gasteiger partial charge on any atom is 0.0190 e. The molecule has 1 saturated heterocycles. The van der Waals surface area contributed by atoms with Gasteiger partial charge in [-0.3, -0.25) is 0 Å². The van der Waals surface area contributed by atoms with Crippen molar-refractivity contribution in [2.75, 3.05) is 13.6 Å². The van der Waals surface area contributed by atoms with Crippen LogP contribution in [0.4, 0.5) is 0 Å². The molecule has 78 valence electrons. The molecule has 0 bridgehead atoms. The molecule has 1 nitrogen and oxygen atoms in total. The molecule has 0 aromatic carbocycles. The van der Waals surface area contributed by atoms with E-state index in [1.807, 2.05) is 0 Å². The van der Waals surface area contributed by atoms with Crippen molar-refractivity contribution in [3.05, 3.63) is 0 Å². The van der Waals surface area contributed by atoms with E-state index in [2.05, 4.69) is 39.6 Å². The summed E-state index contributed by atoms with van der Waals surface area (Å²) in [5.41, 5.74) is 0.531. The molecule has 0 aromatic rings. The van der Waals surface area contributed by atoms with Crippen LogP contribution in [-0.4, -0.2) is 24.0 Å². The van der Waals surface area contributed by atoms with Gasteiger partial charge < -0.3 is 4.90 Å². The predicted octanol–water partition coefficient (Wildman–Crippen LogP) is 3.15. The molecule has 0 spiro atoms. The third-order valence-electron chi connectivity index (χ3n) is 4.18. The van der Waals surface area contributed by atoms with Gasteiger partial charge in [0.2, 0.25) is 0 Å².